The van der Waals surface area contributed by atoms with Crippen molar-refractivity contribution < 1.29 is 4.21 Å². The average molecular weight is 358 g/mol. The van der Waals surface area contributed by atoms with Gasteiger partial charge in [0.05, 0.1) is 16.0 Å². The molecular weight excluding hydrogens is 334 g/mol. The van der Waals surface area contributed by atoms with Crippen molar-refractivity contribution in [3.8, 4) is 0 Å². The Labute approximate surface area is 133 Å². The van der Waals surface area contributed by atoms with Crippen LogP contribution in [0, 0.1) is 11.3 Å². The first kappa shape index (κ1) is 16.2. The fourth-order valence-electron chi connectivity index (χ4n) is 2.93. The summed E-state index contributed by atoms with van der Waals surface area (Å²) in [6.07, 6.45) is 3.10. The third kappa shape index (κ3) is 3.71. The van der Waals surface area contributed by atoms with E-state index < -0.39 is 10.8 Å². The molecule has 1 aromatic carbocycles. The molecule has 0 amide bonds. The second-order valence-corrected chi connectivity index (χ2v) is 9.42. The van der Waals surface area contributed by atoms with E-state index in [0.717, 1.165) is 28.6 Å². The topological polar surface area (TPSA) is 43.1 Å². The Morgan fingerprint density at radius 2 is 1.80 bits per heavy atom. The molecule has 0 bridgehead atoms. The Morgan fingerprint density at radius 3 is 2.35 bits per heavy atom. The highest BCUT2D eigenvalue weighted by atomic mass is 79.9. The highest BCUT2D eigenvalue weighted by Crippen LogP contribution is 2.39. The second-order valence-electron chi connectivity index (χ2n) is 6.83. The molecule has 2 nitrogen and oxygen atoms in total. The van der Waals surface area contributed by atoms with Gasteiger partial charge in [0.2, 0.25) is 0 Å². The molecule has 0 saturated heterocycles. The van der Waals surface area contributed by atoms with Crippen LogP contribution in [0.5, 0.6) is 0 Å². The van der Waals surface area contributed by atoms with Gasteiger partial charge in [-0.05, 0) is 54.9 Å². The lowest BCUT2D eigenvalue weighted by Crippen LogP contribution is -2.45. The van der Waals surface area contributed by atoms with Gasteiger partial charge >= 0.3 is 0 Å². The van der Waals surface area contributed by atoms with E-state index >= 15 is 0 Å². The summed E-state index contributed by atoms with van der Waals surface area (Å²) in [4.78, 5) is 0.892. The van der Waals surface area contributed by atoms with Crippen LogP contribution in [0.2, 0.25) is 0 Å². The highest BCUT2D eigenvalue weighted by molar-refractivity contribution is 9.10. The molecule has 2 rings (SSSR count). The van der Waals surface area contributed by atoms with Crippen LogP contribution in [0.1, 0.15) is 40.0 Å². The molecule has 1 fully saturated rings. The summed E-state index contributed by atoms with van der Waals surface area (Å²) in [5.41, 5.74) is 6.52. The van der Waals surface area contributed by atoms with E-state index in [2.05, 4.69) is 36.7 Å². The maximum atomic E-state index is 12.8. The smallest absolute Gasteiger partial charge is 0.0576 e. The Hall–Kier alpha value is -0.190. The van der Waals surface area contributed by atoms with Crippen LogP contribution < -0.4 is 5.73 Å². The highest BCUT2D eigenvalue weighted by Gasteiger charge is 2.37. The first-order chi connectivity index (χ1) is 9.29. The molecule has 2 N–H and O–H groups in total. The zero-order valence-corrected chi connectivity index (χ0v) is 14.8. The summed E-state index contributed by atoms with van der Waals surface area (Å²) < 4.78 is 13.8. The van der Waals surface area contributed by atoms with Crippen molar-refractivity contribution in [2.75, 3.05) is 0 Å². The number of hydrogen-bond donors (Lipinski definition) is 1. The predicted molar refractivity (Wildman–Crippen MR) is 89.1 cm³/mol. The number of benzene rings is 1. The molecule has 0 heterocycles. The summed E-state index contributed by atoms with van der Waals surface area (Å²) in [5, 5.41) is 0.0779. The van der Waals surface area contributed by atoms with Crippen molar-refractivity contribution in [1.82, 2.24) is 0 Å². The van der Waals surface area contributed by atoms with Gasteiger partial charge in [0.1, 0.15) is 0 Å². The summed E-state index contributed by atoms with van der Waals surface area (Å²) in [5.74, 6) is 0.603. The third-order valence-electron chi connectivity index (χ3n) is 4.39. The van der Waals surface area contributed by atoms with E-state index in [1.54, 1.807) is 0 Å². The van der Waals surface area contributed by atoms with Crippen molar-refractivity contribution in [2.24, 2.45) is 17.1 Å². The van der Waals surface area contributed by atoms with E-state index in [1.165, 1.54) is 0 Å². The standard InChI is InChI=1S/C16H24BrNOS/c1-16(2,3)11-4-9-14(18)15(10-11)20(19)13-7-5-12(17)6-8-13/h5-8,11,14-15H,4,9-10,18H2,1-3H3. The summed E-state index contributed by atoms with van der Waals surface area (Å²) in [6, 6.07) is 7.82. The summed E-state index contributed by atoms with van der Waals surface area (Å²) >= 11 is 3.41. The van der Waals surface area contributed by atoms with E-state index in [9.17, 15) is 4.21 Å². The molecule has 0 aromatic heterocycles. The van der Waals surface area contributed by atoms with Gasteiger partial charge in [0.25, 0.3) is 0 Å². The van der Waals surface area contributed by atoms with E-state index in [0.29, 0.717) is 5.92 Å². The molecule has 0 spiro atoms. The van der Waals surface area contributed by atoms with E-state index in [-0.39, 0.29) is 16.7 Å². The van der Waals surface area contributed by atoms with Crippen LogP contribution >= 0.6 is 15.9 Å². The van der Waals surface area contributed by atoms with Crippen molar-refractivity contribution in [1.29, 1.82) is 0 Å². The van der Waals surface area contributed by atoms with Gasteiger partial charge in [0.15, 0.2) is 0 Å². The number of hydrogen-bond acceptors (Lipinski definition) is 2. The monoisotopic (exact) mass is 357 g/mol. The molecule has 4 heteroatoms. The minimum atomic E-state index is -1.01. The molecule has 0 aliphatic heterocycles. The molecule has 1 saturated carbocycles. The largest absolute Gasteiger partial charge is 0.327 e. The van der Waals surface area contributed by atoms with Gasteiger partial charge in [-0.3, -0.25) is 4.21 Å². The van der Waals surface area contributed by atoms with Crippen LogP contribution in [0.3, 0.4) is 0 Å². The van der Waals surface area contributed by atoms with Crippen LogP contribution in [-0.2, 0) is 10.8 Å². The zero-order valence-electron chi connectivity index (χ0n) is 12.4. The molecule has 20 heavy (non-hydrogen) atoms. The Balaban J connectivity index is 2.17. The fourth-order valence-corrected chi connectivity index (χ4v) is 4.81. The molecule has 0 radical (unpaired) electrons. The lowest BCUT2D eigenvalue weighted by Gasteiger charge is -2.40. The van der Waals surface area contributed by atoms with Crippen LogP contribution in [0.25, 0.3) is 0 Å². The van der Waals surface area contributed by atoms with Crippen molar-refractivity contribution >= 4 is 26.7 Å². The van der Waals surface area contributed by atoms with Gasteiger partial charge in [0, 0.05) is 15.4 Å². The number of halogens is 1. The van der Waals surface area contributed by atoms with Crippen molar-refractivity contribution in [3.63, 3.8) is 0 Å². The van der Waals surface area contributed by atoms with Crippen LogP contribution in [0.15, 0.2) is 33.6 Å². The lowest BCUT2D eigenvalue weighted by molar-refractivity contribution is 0.173. The van der Waals surface area contributed by atoms with Crippen molar-refractivity contribution in [3.05, 3.63) is 28.7 Å². The SMILES string of the molecule is CC(C)(C)C1CCC(N)C(S(=O)c2ccc(Br)cc2)C1. The molecule has 4 unspecified atom stereocenters. The van der Waals surface area contributed by atoms with E-state index in [1.807, 2.05) is 24.3 Å². The molecule has 112 valence electrons. The molecule has 4 atom stereocenters. The molecule has 1 aromatic rings. The van der Waals surface area contributed by atoms with Crippen LogP contribution in [0.4, 0.5) is 0 Å². The summed E-state index contributed by atoms with van der Waals surface area (Å²) in [6.45, 7) is 6.82. The van der Waals surface area contributed by atoms with Gasteiger partial charge in [-0.25, -0.2) is 0 Å². The lowest BCUT2D eigenvalue weighted by atomic mass is 9.71. The number of rotatable bonds is 2. The quantitative estimate of drug-likeness (QED) is 0.865. The minimum absolute atomic E-state index is 0.0538. The maximum absolute atomic E-state index is 12.8. The Bertz CT molecular complexity index is 480. The molecular formula is C16H24BrNOS. The fraction of sp³-hybridized carbons (Fsp3) is 0.625. The average Bonchev–Trinajstić information content (AvgIpc) is 2.38. The summed E-state index contributed by atoms with van der Waals surface area (Å²) in [7, 11) is -1.01. The van der Waals surface area contributed by atoms with Crippen LogP contribution in [-0.4, -0.2) is 15.5 Å². The first-order valence-corrected chi connectivity index (χ1v) is 9.21. The normalized spacial score (nSPS) is 29.1. The Kier molecular flexibility index (Phi) is 5.09. The number of nitrogens with two attached hydrogens (primary N) is 1. The molecule has 1 aliphatic rings. The first-order valence-electron chi connectivity index (χ1n) is 7.21. The van der Waals surface area contributed by atoms with E-state index in [4.69, 9.17) is 5.73 Å². The maximum Gasteiger partial charge on any atom is 0.0576 e. The Morgan fingerprint density at radius 1 is 1.20 bits per heavy atom. The van der Waals surface area contributed by atoms with Gasteiger partial charge < -0.3 is 5.73 Å². The molecule has 1 aliphatic carbocycles. The zero-order chi connectivity index (χ0) is 14.9. The third-order valence-corrected chi connectivity index (χ3v) is 6.75. The second kappa shape index (κ2) is 6.29. The minimum Gasteiger partial charge on any atom is -0.327 e. The van der Waals surface area contributed by atoms with Crippen molar-refractivity contribution in [2.45, 2.75) is 56.2 Å². The van der Waals surface area contributed by atoms with Gasteiger partial charge in [-0.1, -0.05) is 36.7 Å². The van der Waals surface area contributed by atoms with Gasteiger partial charge in [-0.15, -0.1) is 0 Å². The predicted octanol–water partition coefficient (Wildman–Crippen LogP) is 4.10. The van der Waals surface area contributed by atoms with Gasteiger partial charge in [-0.2, -0.15) is 0 Å².